The summed E-state index contributed by atoms with van der Waals surface area (Å²) in [6.45, 7) is 3.58. The number of carbonyl (C=O) groups excluding carboxylic acids is 1. The fourth-order valence-corrected chi connectivity index (χ4v) is 4.47. The summed E-state index contributed by atoms with van der Waals surface area (Å²) >= 11 is 0. The molecule has 0 atom stereocenters. The predicted molar refractivity (Wildman–Crippen MR) is 102 cm³/mol. The lowest BCUT2D eigenvalue weighted by atomic mass is 9.78. The number of hydrogen-bond donors (Lipinski definition) is 2. The molecule has 4 N–H and O–H groups in total. The number of nitrogen functional groups attached to an aromatic ring is 1. The van der Waals surface area contributed by atoms with Crippen molar-refractivity contribution in [3.8, 4) is 0 Å². The smallest absolute Gasteiger partial charge is 0.225 e. The molecule has 1 aliphatic carbocycles. The van der Waals surface area contributed by atoms with E-state index in [0.29, 0.717) is 17.8 Å². The van der Waals surface area contributed by atoms with E-state index in [4.69, 9.17) is 11.5 Å². The van der Waals surface area contributed by atoms with Crippen molar-refractivity contribution >= 4 is 17.7 Å². The number of aromatic nitrogens is 2. The van der Waals surface area contributed by atoms with Crippen LogP contribution in [0.25, 0.3) is 0 Å². The minimum Gasteiger partial charge on any atom is -0.368 e. The first-order valence-corrected chi connectivity index (χ1v) is 10.0. The van der Waals surface area contributed by atoms with Crippen LogP contribution in [0.1, 0.15) is 56.6 Å². The van der Waals surface area contributed by atoms with E-state index in [0.717, 1.165) is 76.2 Å². The third-order valence-electron chi connectivity index (χ3n) is 6.18. The lowest BCUT2D eigenvalue weighted by molar-refractivity contribution is -0.137. The Morgan fingerprint density at radius 2 is 1.73 bits per heavy atom. The van der Waals surface area contributed by atoms with Crippen molar-refractivity contribution in [2.45, 2.75) is 56.9 Å². The van der Waals surface area contributed by atoms with E-state index < -0.39 is 0 Å². The summed E-state index contributed by atoms with van der Waals surface area (Å²) in [6, 6.07) is 2.36. The van der Waals surface area contributed by atoms with Gasteiger partial charge in [-0.3, -0.25) is 4.79 Å². The molecular formula is C19H30N6O. The summed E-state index contributed by atoms with van der Waals surface area (Å²) in [6.07, 6.45) is 7.29. The second-order valence-electron chi connectivity index (χ2n) is 8.08. The SMILES string of the molecule is Nc1nc(C2CC(N)C2)cc(N2CCC(C(=O)N3CCCCC3)CC2)n1. The van der Waals surface area contributed by atoms with Gasteiger partial charge < -0.3 is 21.3 Å². The Kier molecular flexibility index (Phi) is 4.98. The molecule has 4 rings (SSSR count). The van der Waals surface area contributed by atoms with Crippen LogP contribution in [0.5, 0.6) is 0 Å². The molecule has 3 heterocycles. The maximum absolute atomic E-state index is 12.7. The third-order valence-corrected chi connectivity index (χ3v) is 6.18. The van der Waals surface area contributed by atoms with Crippen molar-refractivity contribution in [2.24, 2.45) is 11.7 Å². The van der Waals surface area contributed by atoms with Gasteiger partial charge in [-0.15, -0.1) is 0 Å². The van der Waals surface area contributed by atoms with E-state index in [-0.39, 0.29) is 12.0 Å². The van der Waals surface area contributed by atoms with Crippen LogP contribution in [-0.2, 0) is 4.79 Å². The van der Waals surface area contributed by atoms with Gasteiger partial charge in [-0.1, -0.05) is 0 Å². The van der Waals surface area contributed by atoms with Gasteiger partial charge in [0.1, 0.15) is 5.82 Å². The van der Waals surface area contributed by atoms with E-state index in [1.54, 1.807) is 0 Å². The standard InChI is InChI=1S/C19H30N6O/c20-15-10-14(11-15)16-12-17(23-19(21)22-16)24-8-4-13(5-9-24)18(26)25-6-2-1-3-7-25/h12-15H,1-11,20H2,(H2,21,22,23). The summed E-state index contributed by atoms with van der Waals surface area (Å²) < 4.78 is 0. The Labute approximate surface area is 155 Å². The highest BCUT2D eigenvalue weighted by atomic mass is 16.2. The maximum Gasteiger partial charge on any atom is 0.225 e. The molecule has 3 aliphatic rings. The van der Waals surface area contributed by atoms with Gasteiger partial charge in [0.05, 0.1) is 5.69 Å². The molecule has 0 aromatic carbocycles. The number of amides is 1. The average Bonchev–Trinajstić information content (AvgIpc) is 2.65. The van der Waals surface area contributed by atoms with Gasteiger partial charge in [0.15, 0.2) is 0 Å². The van der Waals surface area contributed by atoms with Crippen LogP contribution in [-0.4, -0.2) is 53.0 Å². The highest BCUT2D eigenvalue weighted by Crippen LogP contribution is 2.36. The first-order valence-electron chi connectivity index (χ1n) is 10.0. The van der Waals surface area contributed by atoms with E-state index in [2.05, 4.69) is 25.8 Å². The minimum atomic E-state index is 0.160. The van der Waals surface area contributed by atoms with Crippen LogP contribution in [0.2, 0.25) is 0 Å². The third kappa shape index (κ3) is 3.63. The molecule has 3 fully saturated rings. The topological polar surface area (TPSA) is 101 Å². The fourth-order valence-electron chi connectivity index (χ4n) is 4.47. The molecule has 1 saturated carbocycles. The van der Waals surface area contributed by atoms with Crippen LogP contribution >= 0.6 is 0 Å². The molecule has 0 radical (unpaired) electrons. The maximum atomic E-state index is 12.7. The number of likely N-dealkylation sites (tertiary alicyclic amines) is 1. The van der Waals surface area contributed by atoms with E-state index in [1.165, 1.54) is 6.42 Å². The normalized spacial score (nSPS) is 27.3. The molecule has 0 unspecified atom stereocenters. The van der Waals surface area contributed by atoms with Crippen molar-refractivity contribution in [1.29, 1.82) is 0 Å². The highest BCUT2D eigenvalue weighted by Gasteiger charge is 2.32. The first-order chi connectivity index (χ1) is 12.6. The van der Waals surface area contributed by atoms with E-state index >= 15 is 0 Å². The Hall–Kier alpha value is -1.89. The molecular weight excluding hydrogens is 328 g/mol. The van der Waals surface area contributed by atoms with Crippen molar-refractivity contribution < 1.29 is 4.79 Å². The number of carbonyl (C=O) groups is 1. The van der Waals surface area contributed by atoms with E-state index in [9.17, 15) is 4.79 Å². The molecule has 2 saturated heterocycles. The number of rotatable bonds is 3. The molecule has 7 nitrogen and oxygen atoms in total. The lowest BCUT2D eigenvalue weighted by Crippen LogP contribution is -2.44. The van der Waals surface area contributed by atoms with Crippen molar-refractivity contribution in [2.75, 3.05) is 36.8 Å². The van der Waals surface area contributed by atoms with Gasteiger partial charge in [0.25, 0.3) is 0 Å². The first kappa shape index (κ1) is 17.5. The molecule has 0 bridgehead atoms. The number of nitrogens with zero attached hydrogens (tertiary/aromatic N) is 4. The second-order valence-corrected chi connectivity index (χ2v) is 8.08. The van der Waals surface area contributed by atoms with Gasteiger partial charge >= 0.3 is 0 Å². The summed E-state index contributed by atoms with van der Waals surface area (Å²) in [5.74, 6) is 2.16. The molecule has 142 valence electrons. The quantitative estimate of drug-likeness (QED) is 0.849. The lowest BCUT2D eigenvalue weighted by Gasteiger charge is -2.36. The molecule has 0 spiro atoms. The Bertz CT molecular complexity index is 645. The minimum absolute atomic E-state index is 0.160. The highest BCUT2D eigenvalue weighted by molar-refractivity contribution is 5.79. The van der Waals surface area contributed by atoms with E-state index in [1.807, 2.05) is 0 Å². The van der Waals surface area contributed by atoms with Crippen molar-refractivity contribution in [3.05, 3.63) is 11.8 Å². The average molecular weight is 358 g/mol. The van der Waals surface area contributed by atoms with Crippen LogP contribution in [0.4, 0.5) is 11.8 Å². The number of hydrogen-bond acceptors (Lipinski definition) is 6. The molecule has 2 aliphatic heterocycles. The Balaban J connectivity index is 1.37. The summed E-state index contributed by atoms with van der Waals surface area (Å²) in [7, 11) is 0. The number of anilines is 2. The predicted octanol–water partition coefficient (Wildman–Crippen LogP) is 1.49. The molecule has 1 amide bonds. The summed E-state index contributed by atoms with van der Waals surface area (Å²) in [4.78, 5) is 25.9. The van der Waals surface area contributed by atoms with Crippen LogP contribution in [0.15, 0.2) is 6.07 Å². The summed E-state index contributed by atoms with van der Waals surface area (Å²) in [5.41, 5.74) is 12.9. The largest absolute Gasteiger partial charge is 0.368 e. The second kappa shape index (κ2) is 7.39. The summed E-state index contributed by atoms with van der Waals surface area (Å²) in [5, 5.41) is 0. The molecule has 26 heavy (non-hydrogen) atoms. The number of piperidine rings is 2. The van der Waals surface area contributed by atoms with Crippen LogP contribution in [0.3, 0.4) is 0 Å². The Morgan fingerprint density at radius 3 is 2.38 bits per heavy atom. The van der Waals surface area contributed by atoms with Gasteiger partial charge in [0, 0.05) is 50.1 Å². The van der Waals surface area contributed by atoms with Gasteiger partial charge in [-0.05, 0) is 44.9 Å². The Morgan fingerprint density at radius 1 is 1.04 bits per heavy atom. The zero-order valence-corrected chi connectivity index (χ0v) is 15.4. The zero-order valence-electron chi connectivity index (χ0n) is 15.4. The van der Waals surface area contributed by atoms with Gasteiger partial charge in [-0.2, -0.15) is 4.98 Å². The monoisotopic (exact) mass is 358 g/mol. The zero-order chi connectivity index (χ0) is 18.1. The fraction of sp³-hybridized carbons (Fsp3) is 0.737. The molecule has 1 aromatic heterocycles. The van der Waals surface area contributed by atoms with Crippen LogP contribution < -0.4 is 16.4 Å². The van der Waals surface area contributed by atoms with Gasteiger partial charge in [-0.25, -0.2) is 4.98 Å². The van der Waals surface area contributed by atoms with Gasteiger partial charge in [0.2, 0.25) is 11.9 Å². The van der Waals surface area contributed by atoms with Crippen molar-refractivity contribution in [1.82, 2.24) is 14.9 Å². The number of nitrogens with two attached hydrogens (primary N) is 2. The molecule has 7 heteroatoms. The van der Waals surface area contributed by atoms with Crippen molar-refractivity contribution in [3.63, 3.8) is 0 Å². The van der Waals surface area contributed by atoms with Crippen LogP contribution in [0, 0.1) is 5.92 Å². The molecule has 1 aromatic rings.